The molecule has 9 heteroatoms. The molecule has 38 heavy (non-hydrogen) atoms. The molecule has 1 aliphatic carbocycles. The molecule has 0 amide bonds. The number of aliphatic hydroxyl groups excluding tert-OH is 1. The number of fused-ring (bicyclic) bond motifs is 1. The molecule has 1 saturated carbocycles. The summed E-state index contributed by atoms with van der Waals surface area (Å²) in [5, 5.41) is 13.5. The first-order valence-corrected chi connectivity index (χ1v) is 13.8. The van der Waals surface area contributed by atoms with Crippen LogP contribution in [-0.4, -0.2) is 57.1 Å². The number of rotatable bonds is 9. The molecule has 9 nitrogen and oxygen atoms in total. The van der Waals surface area contributed by atoms with Crippen LogP contribution in [0.15, 0.2) is 35.3 Å². The molecule has 3 heterocycles. The van der Waals surface area contributed by atoms with Crippen LogP contribution in [0.4, 0.5) is 0 Å². The summed E-state index contributed by atoms with van der Waals surface area (Å²) in [5.41, 5.74) is 4.23. The van der Waals surface area contributed by atoms with Gasteiger partial charge in [-0.25, -0.2) is 4.98 Å². The number of esters is 1. The molecule has 204 valence electrons. The van der Waals surface area contributed by atoms with Gasteiger partial charge in [-0.05, 0) is 82.1 Å². The van der Waals surface area contributed by atoms with Crippen molar-refractivity contribution >= 4 is 17.0 Å². The first kappa shape index (κ1) is 26.6. The van der Waals surface area contributed by atoms with Crippen LogP contribution in [0.2, 0.25) is 0 Å². The smallest absolute Gasteiger partial charge is 0.326 e. The molecule has 5 rings (SSSR count). The van der Waals surface area contributed by atoms with E-state index in [1.807, 2.05) is 18.2 Å². The third kappa shape index (κ3) is 6.00. The zero-order valence-electron chi connectivity index (χ0n) is 22.2. The van der Waals surface area contributed by atoms with Crippen LogP contribution in [0.1, 0.15) is 56.6 Å². The van der Waals surface area contributed by atoms with E-state index in [2.05, 4.69) is 20.9 Å². The van der Waals surface area contributed by atoms with Gasteiger partial charge in [-0.3, -0.25) is 14.9 Å². The summed E-state index contributed by atoms with van der Waals surface area (Å²) >= 11 is 0. The van der Waals surface area contributed by atoms with E-state index in [0.29, 0.717) is 18.0 Å². The van der Waals surface area contributed by atoms with Crippen LogP contribution in [0, 0.1) is 12.8 Å². The Labute approximate surface area is 222 Å². The monoisotopic (exact) mass is 522 g/mol. The Hall–Kier alpha value is -3.01. The number of H-pyrrole nitrogens is 1. The number of nitrogens with zero attached hydrogens (tertiary/aromatic N) is 2. The highest BCUT2D eigenvalue weighted by atomic mass is 16.5. The van der Waals surface area contributed by atoms with Crippen molar-refractivity contribution < 1.29 is 19.4 Å². The van der Waals surface area contributed by atoms with Crippen molar-refractivity contribution in [2.75, 3.05) is 13.2 Å². The van der Waals surface area contributed by atoms with Gasteiger partial charge in [0.1, 0.15) is 18.0 Å². The van der Waals surface area contributed by atoms with Crippen molar-refractivity contribution in [2.45, 2.75) is 83.7 Å². The van der Waals surface area contributed by atoms with Crippen LogP contribution in [0.25, 0.3) is 22.4 Å². The number of benzene rings is 1. The van der Waals surface area contributed by atoms with Crippen molar-refractivity contribution in [3.05, 3.63) is 51.9 Å². The van der Waals surface area contributed by atoms with Gasteiger partial charge in [-0.2, -0.15) is 0 Å². The Bertz CT molecular complexity index is 1320. The number of hydrogen-bond donors (Lipinski definition) is 3. The average Bonchev–Trinajstić information content (AvgIpc) is 3.54. The van der Waals surface area contributed by atoms with Gasteiger partial charge in [0.2, 0.25) is 0 Å². The minimum absolute atomic E-state index is 0.0448. The van der Waals surface area contributed by atoms with Crippen molar-refractivity contribution in [3.8, 4) is 11.4 Å². The van der Waals surface area contributed by atoms with E-state index in [-0.39, 0.29) is 11.7 Å². The number of aromatic nitrogens is 3. The first-order valence-electron chi connectivity index (χ1n) is 13.8. The molecule has 1 aromatic carbocycles. The predicted octanol–water partition coefficient (Wildman–Crippen LogP) is 3.45. The summed E-state index contributed by atoms with van der Waals surface area (Å²) in [6.45, 7) is 6.16. The largest absolute Gasteiger partial charge is 0.461 e. The lowest BCUT2D eigenvalue weighted by molar-refractivity contribution is -0.154. The lowest BCUT2D eigenvalue weighted by Crippen LogP contribution is -2.46. The molecule has 1 aliphatic heterocycles. The maximum atomic E-state index is 12.7. The maximum Gasteiger partial charge on any atom is 0.326 e. The number of aliphatic hydroxyl groups is 1. The topological polar surface area (TPSA) is 118 Å². The van der Waals surface area contributed by atoms with E-state index in [1.165, 1.54) is 0 Å². The SMILES string of the molecule is Cc1cc(-c2nc3cc(CNC(C(=O)OC4CCCC4)C(C)O)ccc3n2CC2CCOCC2)c[nH]c1=O. The first-order chi connectivity index (χ1) is 18.4. The minimum Gasteiger partial charge on any atom is -0.461 e. The van der Waals surface area contributed by atoms with E-state index in [1.54, 1.807) is 20.0 Å². The van der Waals surface area contributed by atoms with Gasteiger partial charge in [-0.1, -0.05) is 6.07 Å². The quantitative estimate of drug-likeness (QED) is 0.368. The second-order valence-electron chi connectivity index (χ2n) is 10.8. The normalized spacial score (nSPS) is 18.6. The van der Waals surface area contributed by atoms with Crippen LogP contribution < -0.4 is 10.9 Å². The molecular weight excluding hydrogens is 484 g/mol. The lowest BCUT2D eigenvalue weighted by atomic mass is 10.00. The molecule has 2 unspecified atom stereocenters. The summed E-state index contributed by atoms with van der Waals surface area (Å²) in [4.78, 5) is 32.5. The van der Waals surface area contributed by atoms with Crippen molar-refractivity contribution in [1.82, 2.24) is 19.9 Å². The maximum absolute atomic E-state index is 12.7. The highest BCUT2D eigenvalue weighted by Gasteiger charge is 2.29. The number of nitrogens with one attached hydrogen (secondary N) is 2. The Balaban J connectivity index is 1.39. The Morgan fingerprint density at radius 1 is 1.24 bits per heavy atom. The van der Waals surface area contributed by atoms with Crippen LogP contribution >= 0.6 is 0 Å². The summed E-state index contributed by atoms with van der Waals surface area (Å²) < 4.78 is 13.4. The van der Waals surface area contributed by atoms with Crippen molar-refractivity contribution in [2.24, 2.45) is 5.92 Å². The van der Waals surface area contributed by atoms with Crippen molar-refractivity contribution in [1.29, 1.82) is 0 Å². The lowest BCUT2D eigenvalue weighted by Gasteiger charge is -2.23. The molecule has 0 bridgehead atoms. The number of aryl methyl sites for hydroxylation is 1. The minimum atomic E-state index is -0.874. The molecule has 3 aromatic rings. The number of imidazole rings is 1. The fourth-order valence-corrected chi connectivity index (χ4v) is 5.53. The molecule has 2 atom stereocenters. The highest BCUT2D eigenvalue weighted by Crippen LogP contribution is 2.29. The number of ether oxygens (including phenoxy) is 2. The Morgan fingerprint density at radius 3 is 2.71 bits per heavy atom. The van der Waals surface area contributed by atoms with E-state index in [9.17, 15) is 14.7 Å². The number of carbonyl (C=O) groups is 1. The zero-order chi connectivity index (χ0) is 26.6. The predicted molar refractivity (Wildman–Crippen MR) is 145 cm³/mol. The summed E-state index contributed by atoms with van der Waals surface area (Å²) in [5.74, 6) is 0.908. The molecule has 0 radical (unpaired) electrons. The molecule has 2 fully saturated rings. The fraction of sp³-hybridized carbons (Fsp3) is 0.552. The van der Waals surface area contributed by atoms with Gasteiger partial charge in [0.25, 0.3) is 5.56 Å². The number of hydrogen-bond acceptors (Lipinski definition) is 7. The Morgan fingerprint density at radius 2 is 2.00 bits per heavy atom. The highest BCUT2D eigenvalue weighted by molar-refractivity contribution is 5.81. The Kier molecular flexibility index (Phi) is 8.26. The second kappa shape index (κ2) is 11.8. The third-order valence-electron chi connectivity index (χ3n) is 7.79. The number of pyridine rings is 1. The summed E-state index contributed by atoms with van der Waals surface area (Å²) in [6.07, 6.45) is 6.75. The van der Waals surface area contributed by atoms with Gasteiger partial charge >= 0.3 is 5.97 Å². The molecular formula is C29H38N4O5. The van der Waals surface area contributed by atoms with E-state index in [0.717, 1.165) is 86.3 Å². The molecule has 0 spiro atoms. The average molecular weight is 523 g/mol. The van der Waals surface area contributed by atoms with Crippen molar-refractivity contribution in [3.63, 3.8) is 0 Å². The number of aromatic amines is 1. The van der Waals surface area contributed by atoms with Gasteiger partial charge in [0.05, 0.1) is 17.1 Å². The standard InChI is InChI=1S/C29H38N4O5/c1-18-13-22(16-31-28(18)35)27-32-24-14-21(7-8-25(24)33(27)17-20-9-11-37-12-10-20)15-30-26(19(2)34)29(36)38-23-5-3-4-6-23/h7-8,13-14,16,19-20,23,26,30,34H,3-6,9-12,15,17H2,1-2H3,(H,31,35). The van der Waals surface area contributed by atoms with Crippen LogP contribution in [0.3, 0.4) is 0 Å². The van der Waals surface area contributed by atoms with Crippen LogP contribution in [-0.2, 0) is 27.4 Å². The fourth-order valence-electron chi connectivity index (χ4n) is 5.53. The van der Waals surface area contributed by atoms with E-state index in [4.69, 9.17) is 14.5 Å². The van der Waals surface area contributed by atoms with E-state index < -0.39 is 18.1 Å². The summed E-state index contributed by atoms with van der Waals surface area (Å²) in [7, 11) is 0. The molecule has 2 aliphatic rings. The van der Waals surface area contributed by atoms with Gasteiger partial charge in [0.15, 0.2) is 0 Å². The molecule has 1 saturated heterocycles. The second-order valence-corrected chi connectivity index (χ2v) is 10.8. The molecule has 2 aromatic heterocycles. The zero-order valence-corrected chi connectivity index (χ0v) is 22.2. The summed E-state index contributed by atoms with van der Waals surface area (Å²) in [6, 6.07) is 7.20. The van der Waals surface area contributed by atoms with Gasteiger partial charge in [0, 0.05) is 43.6 Å². The number of carbonyl (C=O) groups excluding carboxylic acids is 1. The van der Waals surface area contributed by atoms with Gasteiger partial charge in [-0.15, -0.1) is 0 Å². The van der Waals surface area contributed by atoms with Gasteiger partial charge < -0.3 is 24.1 Å². The van der Waals surface area contributed by atoms with E-state index >= 15 is 0 Å². The van der Waals surface area contributed by atoms with Crippen LogP contribution in [0.5, 0.6) is 0 Å². The molecule has 3 N–H and O–H groups in total. The third-order valence-corrected chi connectivity index (χ3v) is 7.79.